The topological polar surface area (TPSA) is 105 Å². The van der Waals surface area contributed by atoms with Gasteiger partial charge in [-0.2, -0.15) is 13.2 Å². The molecule has 0 aromatic heterocycles. The van der Waals surface area contributed by atoms with E-state index in [1.54, 1.807) is 20.8 Å². The van der Waals surface area contributed by atoms with E-state index in [0.717, 1.165) is 25.7 Å². The lowest BCUT2D eigenvalue weighted by Gasteiger charge is -2.34. The second kappa shape index (κ2) is 16.1. The first-order valence-electron chi connectivity index (χ1n) is 15.3. The Morgan fingerprint density at radius 3 is 2.30 bits per heavy atom. The Morgan fingerprint density at radius 2 is 1.70 bits per heavy atom. The Kier molecular flexibility index (Phi) is 12.8. The maximum atomic E-state index is 13.8. The lowest BCUT2D eigenvalue weighted by atomic mass is 10.1. The molecule has 0 aliphatic carbocycles. The summed E-state index contributed by atoms with van der Waals surface area (Å²) in [5, 5.41) is 11.5. The molecule has 2 aromatic rings. The van der Waals surface area contributed by atoms with Gasteiger partial charge in [0.25, 0.3) is 5.69 Å². The standard InChI is InChI=1S/C32H42F4N4O6/c1-5-37-15-17-38(18-16-37)29(41)9-7-6-8-14-39(30(42)46-31(2,3)4)21-24-20-25(40(43)44)11-13-28(24)45-22-23-10-12-27(33)26(19-23)32(34,35)36/h10-13,19-20H,5-9,14-18,21-22H2,1-4H3. The number of non-ortho nitro benzene ring substituents is 1. The van der Waals surface area contributed by atoms with Crippen LogP contribution in [0.15, 0.2) is 36.4 Å². The van der Waals surface area contributed by atoms with Gasteiger partial charge in [-0.15, -0.1) is 0 Å². The molecule has 46 heavy (non-hydrogen) atoms. The zero-order valence-electron chi connectivity index (χ0n) is 26.7. The van der Waals surface area contributed by atoms with Gasteiger partial charge >= 0.3 is 12.3 Å². The highest BCUT2D eigenvalue weighted by molar-refractivity contribution is 5.76. The number of amides is 2. The first-order chi connectivity index (χ1) is 21.6. The van der Waals surface area contributed by atoms with Crippen molar-refractivity contribution in [1.29, 1.82) is 0 Å². The SMILES string of the molecule is CCN1CCN(C(=O)CCCCCN(Cc2cc([N+](=O)[O-])ccc2OCc2ccc(F)c(C(F)(F)F)c2)C(=O)OC(C)(C)C)CC1. The van der Waals surface area contributed by atoms with Gasteiger partial charge in [0.1, 0.15) is 23.8 Å². The Labute approximate surface area is 266 Å². The highest BCUT2D eigenvalue weighted by Crippen LogP contribution is 2.33. The number of piperazine rings is 1. The predicted molar refractivity (Wildman–Crippen MR) is 163 cm³/mol. The van der Waals surface area contributed by atoms with Gasteiger partial charge in [0.05, 0.1) is 17.0 Å². The zero-order valence-corrected chi connectivity index (χ0v) is 26.7. The first kappa shape index (κ1) is 36.5. The molecular formula is C32H42F4N4O6. The average Bonchev–Trinajstić information content (AvgIpc) is 2.98. The highest BCUT2D eigenvalue weighted by Gasteiger charge is 2.34. The molecule has 0 radical (unpaired) electrons. The molecule has 14 heteroatoms. The summed E-state index contributed by atoms with van der Waals surface area (Å²) >= 11 is 0. The summed E-state index contributed by atoms with van der Waals surface area (Å²) in [6, 6.07) is 6.21. The minimum atomic E-state index is -4.90. The number of carbonyl (C=O) groups excluding carboxylic acids is 2. The normalized spacial score (nSPS) is 14.2. The molecule has 1 aliphatic heterocycles. The number of nitrogens with zero attached hydrogens (tertiary/aromatic N) is 4. The fourth-order valence-corrected chi connectivity index (χ4v) is 4.98. The maximum absolute atomic E-state index is 13.8. The molecule has 0 unspecified atom stereocenters. The van der Waals surface area contributed by atoms with Crippen molar-refractivity contribution in [2.75, 3.05) is 39.3 Å². The summed E-state index contributed by atoms with van der Waals surface area (Å²) in [7, 11) is 0. The molecule has 0 spiro atoms. The number of hydrogen-bond donors (Lipinski definition) is 0. The molecule has 0 atom stereocenters. The van der Waals surface area contributed by atoms with E-state index in [4.69, 9.17) is 9.47 Å². The van der Waals surface area contributed by atoms with E-state index in [1.165, 1.54) is 23.1 Å². The minimum absolute atomic E-state index is 0.0313. The van der Waals surface area contributed by atoms with Crippen LogP contribution < -0.4 is 4.74 Å². The fourth-order valence-electron chi connectivity index (χ4n) is 4.98. The number of ether oxygens (including phenoxy) is 2. The van der Waals surface area contributed by atoms with Gasteiger partial charge in [-0.25, -0.2) is 9.18 Å². The molecular weight excluding hydrogens is 612 g/mol. The van der Waals surface area contributed by atoms with Crippen LogP contribution in [0.25, 0.3) is 0 Å². The number of nitro groups is 1. The second-order valence-electron chi connectivity index (χ2n) is 12.2. The molecule has 0 bridgehead atoms. The van der Waals surface area contributed by atoms with Gasteiger partial charge in [-0.05, 0) is 63.9 Å². The smallest absolute Gasteiger partial charge is 0.419 e. The molecule has 2 aromatic carbocycles. The predicted octanol–water partition coefficient (Wildman–Crippen LogP) is 6.79. The van der Waals surface area contributed by atoms with Crippen molar-refractivity contribution in [2.45, 2.75) is 78.3 Å². The number of rotatable bonds is 13. The number of carbonyl (C=O) groups is 2. The van der Waals surface area contributed by atoms with Crippen LogP contribution in [0.1, 0.15) is 70.1 Å². The van der Waals surface area contributed by atoms with Gasteiger partial charge in [-0.1, -0.05) is 19.4 Å². The van der Waals surface area contributed by atoms with Gasteiger partial charge < -0.3 is 24.2 Å². The zero-order chi connectivity index (χ0) is 34.1. The largest absolute Gasteiger partial charge is 0.489 e. The van der Waals surface area contributed by atoms with E-state index in [0.29, 0.717) is 50.9 Å². The van der Waals surface area contributed by atoms with Crippen LogP contribution in [-0.4, -0.2) is 76.5 Å². The summed E-state index contributed by atoms with van der Waals surface area (Å²) in [5.41, 5.74) is -2.27. The van der Waals surface area contributed by atoms with Gasteiger partial charge in [0.15, 0.2) is 0 Å². The summed E-state index contributed by atoms with van der Waals surface area (Å²) in [6.45, 7) is 11.0. The van der Waals surface area contributed by atoms with Gasteiger partial charge in [0, 0.05) is 56.8 Å². The molecule has 1 fully saturated rings. The Hall–Kier alpha value is -3.94. The first-order valence-corrected chi connectivity index (χ1v) is 15.3. The van der Waals surface area contributed by atoms with E-state index < -0.39 is 34.2 Å². The number of alkyl halides is 3. The highest BCUT2D eigenvalue weighted by atomic mass is 19.4. The van der Waals surface area contributed by atoms with Crippen LogP contribution >= 0.6 is 0 Å². The summed E-state index contributed by atoms with van der Waals surface area (Å²) in [6.07, 6.45) is -3.38. The van der Waals surface area contributed by atoms with Crippen molar-refractivity contribution in [3.8, 4) is 5.75 Å². The van der Waals surface area contributed by atoms with Crippen molar-refractivity contribution in [3.63, 3.8) is 0 Å². The van der Waals surface area contributed by atoms with E-state index in [2.05, 4.69) is 11.8 Å². The van der Waals surface area contributed by atoms with Crippen molar-refractivity contribution in [1.82, 2.24) is 14.7 Å². The molecule has 254 valence electrons. The summed E-state index contributed by atoms with van der Waals surface area (Å²) in [4.78, 5) is 42.3. The number of hydrogen-bond acceptors (Lipinski definition) is 7. The van der Waals surface area contributed by atoms with Crippen molar-refractivity contribution in [3.05, 3.63) is 69.0 Å². The van der Waals surface area contributed by atoms with Crippen LogP contribution in [-0.2, 0) is 28.9 Å². The summed E-state index contributed by atoms with van der Waals surface area (Å²) in [5.74, 6) is -1.22. The van der Waals surface area contributed by atoms with Crippen LogP contribution in [0, 0.1) is 15.9 Å². The second-order valence-corrected chi connectivity index (χ2v) is 12.2. The number of likely N-dealkylation sites (N-methyl/N-ethyl adjacent to an activating group) is 1. The minimum Gasteiger partial charge on any atom is -0.489 e. The Morgan fingerprint density at radius 1 is 1.00 bits per heavy atom. The fraction of sp³-hybridized carbons (Fsp3) is 0.562. The van der Waals surface area contributed by atoms with Crippen LogP contribution in [0.2, 0.25) is 0 Å². The molecule has 1 saturated heterocycles. The molecule has 2 amide bonds. The molecule has 3 rings (SSSR count). The van der Waals surface area contributed by atoms with Gasteiger partial charge in [-0.3, -0.25) is 14.9 Å². The maximum Gasteiger partial charge on any atom is 0.419 e. The van der Waals surface area contributed by atoms with E-state index in [-0.39, 0.29) is 48.2 Å². The van der Waals surface area contributed by atoms with Crippen LogP contribution in [0.3, 0.4) is 0 Å². The van der Waals surface area contributed by atoms with Crippen molar-refractivity contribution < 1.29 is 41.5 Å². The molecule has 10 nitrogen and oxygen atoms in total. The van der Waals surface area contributed by atoms with Crippen LogP contribution in [0.4, 0.5) is 28.0 Å². The number of benzene rings is 2. The van der Waals surface area contributed by atoms with Crippen molar-refractivity contribution >= 4 is 17.7 Å². The molecule has 0 saturated carbocycles. The molecule has 1 aliphatic rings. The number of nitro benzene ring substituents is 1. The molecule has 1 heterocycles. The lowest BCUT2D eigenvalue weighted by Crippen LogP contribution is -2.48. The van der Waals surface area contributed by atoms with E-state index >= 15 is 0 Å². The third-order valence-corrected chi connectivity index (χ3v) is 7.49. The quantitative estimate of drug-likeness (QED) is 0.101. The van der Waals surface area contributed by atoms with Crippen molar-refractivity contribution in [2.24, 2.45) is 0 Å². The van der Waals surface area contributed by atoms with Gasteiger partial charge in [0.2, 0.25) is 5.91 Å². The van der Waals surface area contributed by atoms with E-state index in [1.807, 2.05) is 4.90 Å². The molecule has 0 N–H and O–H groups in total. The Balaban J connectivity index is 1.70. The lowest BCUT2D eigenvalue weighted by molar-refractivity contribution is -0.385. The Bertz CT molecular complexity index is 1360. The number of halogens is 4. The summed E-state index contributed by atoms with van der Waals surface area (Å²) < 4.78 is 64.7. The third kappa shape index (κ3) is 11.1. The van der Waals surface area contributed by atoms with E-state index in [9.17, 15) is 37.3 Å². The third-order valence-electron chi connectivity index (χ3n) is 7.49. The van der Waals surface area contributed by atoms with Crippen LogP contribution in [0.5, 0.6) is 5.75 Å². The number of unbranched alkanes of at least 4 members (excludes halogenated alkanes) is 2. The monoisotopic (exact) mass is 654 g/mol. The average molecular weight is 655 g/mol.